The summed E-state index contributed by atoms with van der Waals surface area (Å²) in [7, 11) is 0. The van der Waals surface area contributed by atoms with Crippen molar-refractivity contribution in [3.05, 3.63) is 0 Å². The highest BCUT2D eigenvalue weighted by molar-refractivity contribution is 5.73. The van der Waals surface area contributed by atoms with E-state index >= 15 is 0 Å². The van der Waals surface area contributed by atoms with Crippen LogP contribution in [0.2, 0.25) is 0 Å². The second-order valence-electron chi connectivity index (χ2n) is 3.91. The van der Waals surface area contributed by atoms with Gasteiger partial charge in [-0.2, -0.15) is 0 Å². The van der Waals surface area contributed by atoms with Crippen LogP contribution in [0.25, 0.3) is 0 Å². The lowest BCUT2D eigenvalue weighted by Crippen LogP contribution is -2.42. The lowest BCUT2D eigenvalue weighted by Gasteiger charge is -2.32. The molecule has 0 N–H and O–H groups in total. The van der Waals surface area contributed by atoms with Gasteiger partial charge in [-0.15, -0.1) is 0 Å². The summed E-state index contributed by atoms with van der Waals surface area (Å²) in [6.07, 6.45) is 2.66. The van der Waals surface area contributed by atoms with Gasteiger partial charge in [0.25, 0.3) is 0 Å². The summed E-state index contributed by atoms with van der Waals surface area (Å²) in [6, 6.07) is 0. The molecule has 1 amide bonds. The molecule has 0 radical (unpaired) electrons. The first-order chi connectivity index (χ1) is 6.09. The van der Waals surface area contributed by atoms with E-state index in [-0.39, 0.29) is 18.1 Å². The van der Waals surface area contributed by atoms with Crippen molar-refractivity contribution in [2.24, 2.45) is 0 Å². The van der Waals surface area contributed by atoms with Gasteiger partial charge < -0.3 is 9.64 Å². The van der Waals surface area contributed by atoms with Crippen molar-refractivity contribution in [1.82, 2.24) is 4.90 Å². The first-order valence-electron chi connectivity index (χ1n) is 5.00. The Bertz CT molecular complexity index is 180. The standard InChI is InChI=1S/C10H19NO2/c1-8(2)13-10-5-4-6-11(7-10)9(3)12/h8,10H,4-7H2,1-3H3. The summed E-state index contributed by atoms with van der Waals surface area (Å²) >= 11 is 0. The Kier molecular flexibility index (Phi) is 3.72. The van der Waals surface area contributed by atoms with Crippen LogP contribution >= 0.6 is 0 Å². The van der Waals surface area contributed by atoms with Crippen molar-refractivity contribution < 1.29 is 9.53 Å². The summed E-state index contributed by atoms with van der Waals surface area (Å²) < 4.78 is 5.68. The smallest absolute Gasteiger partial charge is 0.219 e. The maximum atomic E-state index is 11.1. The molecule has 0 aromatic rings. The number of rotatable bonds is 2. The molecular weight excluding hydrogens is 166 g/mol. The molecule has 1 aliphatic rings. The molecule has 13 heavy (non-hydrogen) atoms. The molecule has 0 saturated carbocycles. The van der Waals surface area contributed by atoms with Crippen molar-refractivity contribution in [1.29, 1.82) is 0 Å². The average Bonchev–Trinajstić information content (AvgIpc) is 2.03. The first kappa shape index (κ1) is 10.5. The van der Waals surface area contributed by atoms with Crippen LogP contribution in [-0.4, -0.2) is 36.1 Å². The SMILES string of the molecule is CC(=O)N1CCCC(OC(C)C)C1. The molecule has 3 heteroatoms. The molecule has 1 unspecified atom stereocenters. The van der Waals surface area contributed by atoms with Crippen molar-refractivity contribution in [3.63, 3.8) is 0 Å². The Hall–Kier alpha value is -0.570. The summed E-state index contributed by atoms with van der Waals surface area (Å²) in [6.45, 7) is 7.36. The van der Waals surface area contributed by atoms with Crippen LogP contribution in [0.15, 0.2) is 0 Å². The van der Waals surface area contributed by atoms with Crippen LogP contribution in [0.1, 0.15) is 33.6 Å². The number of ether oxygens (including phenoxy) is 1. The van der Waals surface area contributed by atoms with Crippen molar-refractivity contribution in [2.75, 3.05) is 13.1 Å². The molecular formula is C10H19NO2. The molecule has 3 nitrogen and oxygen atoms in total. The summed E-state index contributed by atoms with van der Waals surface area (Å²) in [5, 5.41) is 0. The van der Waals surface area contributed by atoms with E-state index < -0.39 is 0 Å². The van der Waals surface area contributed by atoms with E-state index in [4.69, 9.17) is 4.74 Å². The van der Waals surface area contributed by atoms with Crippen LogP contribution in [-0.2, 0) is 9.53 Å². The van der Waals surface area contributed by atoms with Gasteiger partial charge in [-0.1, -0.05) is 0 Å². The summed E-state index contributed by atoms with van der Waals surface area (Å²) in [4.78, 5) is 13.0. The number of hydrogen-bond donors (Lipinski definition) is 0. The molecule has 1 rings (SSSR count). The Morgan fingerprint density at radius 3 is 2.77 bits per heavy atom. The fraction of sp³-hybridized carbons (Fsp3) is 0.900. The third-order valence-corrected chi connectivity index (χ3v) is 2.29. The minimum atomic E-state index is 0.164. The first-order valence-corrected chi connectivity index (χ1v) is 5.00. The van der Waals surface area contributed by atoms with E-state index in [0.29, 0.717) is 0 Å². The molecule has 1 saturated heterocycles. The maximum Gasteiger partial charge on any atom is 0.219 e. The Balaban J connectivity index is 2.37. The molecule has 1 atom stereocenters. The highest BCUT2D eigenvalue weighted by Crippen LogP contribution is 2.14. The van der Waals surface area contributed by atoms with Gasteiger partial charge >= 0.3 is 0 Å². The molecule has 0 aromatic heterocycles. The van der Waals surface area contributed by atoms with Crippen LogP contribution < -0.4 is 0 Å². The number of carbonyl (C=O) groups is 1. The van der Waals surface area contributed by atoms with E-state index in [1.165, 1.54) is 0 Å². The normalized spacial score (nSPS) is 23.7. The number of likely N-dealkylation sites (tertiary alicyclic amines) is 1. The zero-order valence-electron chi connectivity index (χ0n) is 8.75. The van der Waals surface area contributed by atoms with Crippen LogP contribution in [0.3, 0.4) is 0 Å². The molecule has 76 valence electrons. The molecule has 1 fully saturated rings. The largest absolute Gasteiger partial charge is 0.374 e. The van der Waals surface area contributed by atoms with Gasteiger partial charge in [0.1, 0.15) is 0 Å². The van der Waals surface area contributed by atoms with Gasteiger partial charge in [0.05, 0.1) is 12.2 Å². The van der Waals surface area contributed by atoms with Gasteiger partial charge in [0.2, 0.25) is 5.91 Å². The van der Waals surface area contributed by atoms with Gasteiger partial charge in [-0.05, 0) is 26.7 Å². The van der Waals surface area contributed by atoms with Gasteiger partial charge in [-0.3, -0.25) is 4.79 Å². The fourth-order valence-corrected chi connectivity index (χ4v) is 1.72. The average molecular weight is 185 g/mol. The lowest BCUT2D eigenvalue weighted by atomic mass is 10.1. The lowest BCUT2D eigenvalue weighted by molar-refractivity contribution is -0.134. The molecule has 0 spiro atoms. The van der Waals surface area contributed by atoms with Crippen LogP contribution in [0, 0.1) is 0 Å². The topological polar surface area (TPSA) is 29.5 Å². The number of carbonyl (C=O) groups excluding carboxylic acids is 1. The second kappa shape index (κ2) is 4.61. The Labute approximate surface area is 80.1 Å². The minimum absolute atomic E-state index is 0.164. The predicted molar refractivity (Wildman–Crippen MR) is 51.5 cm³/mol. The van der Waals surface area contributed by atoms with Gasteiger partial charge in [-0.25, -0.2) is 0 Å². The molecule has 0 aromatic carbocycles. The van der Waals surface area contributed by atoms with E-state index in [2.05, 4.69) is 0 Å². The summed E-state index contributed by atoms with van der Waals surface area (Å²) in [5.41, 5.74) is 0. The highest BCUT2D eigenvalue weighted by atomic mass is 16.5. The highest BCUT2D eigenvalue weighted by Gasteiger charge is 2.22. The molecule has 1 aliphatic heterocycles. The maximum absolute atomic E-state index is 11.1. The van der Waals surface area contributed by atoms with E-state index in [0.717, 1.165) is 25.9 Å². The third-order valence-electron chi connectivity index (χ3n) is 2.29. The minimum Gasteiger partial charge on any atom is -0.374 e. The zero-order valence-corrected chi connectivity index (χ0v) is 8.75. The Morgan fingerprint density at radius 1 is 1.54 bits per heavy atom. The number of amides is 1. The monoisotopic (exact) mass is 185 g/mol. The zero-order chi connectivity index (χ0) is 9.84. The number of piperidine rings is 1. The van der Waals surface area contributed by atoms with Crippen molar-refractivity contribution >= 4 is 5.91 Å². The van der Waals surface area contributed by atoms with E-state index in [1.807, 2.05) is 18.7 Å². The van der Waals surface area contributed by atoms with Crippen molar-refractivity contribution in [2.45, 2.75) is 45.8 Å². The van der Waals surface area contributed by atoms with Crippen molar-refractivity contribution in [3.8, 4) is 0 Å². The van der Waals surface area contributed by atoms with Crippen LogP contribution in [0.5, 0.6) is 0 Å². The third kappa shape index (κ3) is 3.35. The van der Waals surface area contributed by atoms with Gasteiger partial charge in [0.15, 0.2) is 0 Å². The quantitative estimate of drug-likeness (QED) is 0.651. The molecule has 0 aliphatic carbocycles. The Morgan fingerprint density at radius 2 is 2.23 bits per heavy atom. The van der Waals surface area contributed by atoms with Gasteiger partial charge in [0, 0.05) is 20.0 Å². The molecule has 1 heterocycles. The second-order valence-corrected chi connectivity index (χ2v) is 3.91. The molecule has 0 bridgehead atoms. The number of nitrogens with zero attached hydrogens (tertiary/aromatic N) is 1. The number of hydrogen-bond acceptors (Lipinski definition) is 2. The summed E-state index contributed by atoms with van der Waals surface area (Å²) in [5.74, 6) is 0.164. The predicted octanol–water partition coefficient (Wildman–Crippen LogP) is 1.42. The fourth-order valence-electron chi connectivity index (χ4n) is 1.72. The van der Waals surface area contributed by atoms with E-state index in [1.54, 1.807) is 6.92 Å². The van der Waals surface area contributed by atoms with Crippen LogP contribution in [0.4, 0.5) is 0 Å². The van der Waals surface area contributed by atoms with E-state index in [9.17, 15) is 4.79 Å².